The SMILES string of the molecule is CCN(CC)CO[PH+]=O. The van der Waals surface area contributed by atoms with Crippen molar-refractivity contribution in [3.63, 3.8) is 0 Å². The lowest BCUT2D eigenvalue weighted by Gasteiger charge is -2.12. The van der Waals surface area contributed by atoms with E-state index in [-0.39, 0.29) is 0 Å². The molecule has 0 fully saturated rings. The molecule has 0 rings (SSSR count). The molecule has 1 atom stereocenters. The Hall–Kier alpha value is 0.0200. The van der Waals surface area contributed by atoms with Crippen LogP contribution in [-0.4, -0.2) is 24.7 Å². The number of nitrogens with zero attached hydrogens (tertiary/aromatic N) is 1. The maximum Gasteiger partial charge on any atom is 0.495 e. The Morgan fingerprint density at radius 2 is 2.00 bits per heavy atom. The fraction of sp³-hybridized carbons (Fsp3) is 1.00. The highest BCUT2D eigenvalue weighted by atomic mass is 31.1. The Kier molecular flexibility index (Phi) is 6.16. The van der Waals surface area contributed by atoms with Crippen molar-refractivity contribution in [2.24, 2.45) is 0 Å². The summed E-state index contributed by atoms with van der Waals surface area (Å²) in [4.78, 5) is 2.05. The van der Waals surface area contributed by atoms with Gasteiger partial charge >= 0.3 is 8.69 Å². The molecular weight excluding hydrogens is 137 g/mol. The summed E-state index contributed by atoms with van der Waals surface area (Å²) < 4.78 is 14.5. The van der Waals surface area contributed by atoms with Gasteiger partial charge in [0.05, 0.1) is 0 Å². The molecule has 0 spiro atoms. The molecule has 0 saturated carbocycles. The van der Waals surface area contributed by atoms with Gasteiger partial charge in [0, 0.05) is 0 Å². The van der Waals surface area contributed by atoms with Gasteiger partial charge in [0.25, 0.3) is 0 Å². The van der Waals surface area contributed by atoms with Crippen molar-refractivity contribution in [2.75, 3.05) is 19.8 Å². The van der Waals surface area contributed by atoms with E-state index in [4.69, 9.17) is 0 Å². The van der Waals surface area contributed by atoms with E-state index in [1.54, 1.807) is 0 Å². The quantitative estimate of drug-likeness (QED) is 0.436. The summed E-state index contributed by atoms with van der Waals surface area (Å²) in [6.45, 7) is 6.46. The Morgan fingerprint density at radius 1 is 1.44 bits per heavy atom. The van der Waals surface area contributed by atoms with E-state index in [1.165, 1.54) is 0 Å². The Labute approximate surface area is 57.3 Å². The van der Waals surface area contributed by atoms with Gasteiger partial charge in [-0.2, -0.15) is 0 Å². The summed E-state index contributed by atoms with van der Waals surface area (Å²) in [5.41, 5.74) is 0. The highest BCUT2D eigenvalue weighted by Crippen LogP contribution is 1.96. The summed E-state index contributed by atoms with van der Waals surface area (Å²) in [6, 6.07) is 0. The zero-order valence-corrected chi connectivity index (χ0v) is 6.89. The highest BCUT2D eigenvalue weighted by molar-refractivity contribution is 7.17. The van der Waals surface area contributed by atoms with E-state index in [9.17, 15) is 4.57 Å². The molecule has 54 valence electrons. The molecule has 0 amide bonds. The van der Waals surface area contributed by atoms with Gasteiger partial charge in [-0.1, -0.05) is 13.8 Å². The molecule has 0 aromatic carbocycles. The Balaban J connectivity index is 3.19. The lowest BCUT2D eigenvalue weighted by Crippen LogP contribution is -2.23. The monoisotopic (exact) mass is 150 g/mol. The minimum absolute atomic E-state index is 0.481. The summed E-state index contributed by atoms with van der Waals surface area (Å²) in [5, 5.41) is 0. The third-order valence-corrected chi connectivity index (χ3v) is 1.45. The molecule has 3 nitrogen and oxygen atoms in total. The fourth-order valence-electron chi connectivity index (χ4n) is 0.524. The van der Waals surface area contributed by atoms with Crippen LogP contribution >= 0.6 is 8.69 Å². The fourth-order valence-corrected chi connectivity index (χ4v) is 0.759. The molecule has 1 unspecified atom stereocenters. The van der Waals surface area contributed by atoms with Crippen LogP contribution in [0, 0.1) is 0 Å². The molecule has 0 bridgehead atoms. The van der Waals surface area contributed by atoms with Crippen LogP contribution in [0.5, 0.6) is 0 Å². The molecule has 0 aliphatic rings. The smallest absolute Gasteiger partial charge is 0.277 e. The molecule has 0 aliphatic heterocycles. The average Bonchev–Trinajstić information content (AvgIpc) is 1.91. The predicted molar refractivity (Wildman–Crippen MR) is 37.9 cm³/mol. The number of rotatable bonds is 5. The third-order valence-electron chi connectivity index (χ3n) is 1.20. The van der Waals surface area contributed by atoms with Gasteiger partial charge in [-0.15, -0.1) is 4.52 Å². The van der Waals surface area contributed by atoms with Crippen molar-refractivity contribution in [1.82, 2.24) is 4.90 Å². The van der Waals surface area contributed by atoms with Crippen LogP contribution in [0.3, 0.4) is 0 Å². The van der Waals surface area contributed by atoms with Crippen molar-refractivity contribution < 1.29 is 9.09 Å². The van der Waals surface area contributed by atoms with Gasteiger partial charge in [0.1, 0.15) is 0 Å². The first-order valence-corrected chi connectivity index (χ1v) is 3.88. The minimum Gasteiger partial charge on any atom is -0.277 e. The van der Waals surface area contributed by atoms with Crippen molar-refractivity contribution in [3.8, 4) is 0 Å². The van der Waals surface area contributed by atoms with Crippen LogP contribution in [0.15, 0.2) is 0 Å². The molecule has 4 heteroatoms. The molecule has 0 N–H and O–H groups in total. The van der Waals surface area contributed by atoms with Crippen LogP contribution < -0.4 is 0 Å². The standard InChI is InChI=1S/C5H13NO2P/c1-3-6(4-2)5-8-9-7/h9H,3-5H2,1-2H3/q+1. The molecule has 9 heavy (non-hydrogen) atoms. The van der Waals surface area contributed by atoms with E-state index < -0.39 is 8.69 Å². The number of hydrogen-bond donors (Lipinski definition) is 0. The maximum absolute atomic E-state index is 9.85. The first-order chi connectivity index (χ1) is 4.35. The van der Waals surface area contributed by atoms with Crippen molar-refractivity contribution in [2.45, 2.75) is 13.8 Å². The predicted octanol–water partition coefficient (Wildman–Crippen LogP) is 1.24. The van der Waals surface area contributed by atoms with Gasteiger partial charge in [0.15, 0.2) is 6.73 Å². The minimum atomic E-state index is -0.635. The summed E-state index contributed by atoms with van der Waals surface area (Å²) in [6.07, 6.45) is 0. The number of hydrogen-bond acceptors (Lipinski definition) is 3. The van der Waals surface area contributed by atoms with Crippen LogP contribution in [0.2, 0.25) is 0 Å². The zero-order valence-electron chi connectivity index (χ0n) is 5.89. The molecule has 0 aliphatic carbocycles. The van der Waals surface area contributed by atoms with Gasteiger partial charge in [-0.05, 0) is 17.7 Å². The van der Waals surface area contributed by atoms with E-state index in [0.717, 1.165) is 13.1 Å². The Morgan fingerprint density at radius 3 is 2.33 bits per heavy atom. The van der Waals surface area contributed by atoms with Crippen molar-refractivity contribution in [3.05, 3.63) is 0 Å². The van der Waals surface area contributed by atoms with E-state index >= 15 is 0 Å². The van der Waals surface area contributed by atoms with E-state index in [1.807, 2.05) is 18.7 Å². The molecular formula is C5H13NO2P+. The molecule has 0 heterocycles. The van der Waals surface area contributed by atoms with Gasteiger partial charge in [-0.25, -0.2) is 0 Å². The second kappa shape index (κ2) is 6.14. The maximum atomic E-state index is 9.85. The van der Waals surface area contributed by atoms with Gasteiger partial charge in [-0.3, -0.25) is 4.90 Å². The normalized spacial score (nSPS) is 11.0. The zero-order chi connectivity index (χ0) is 7.11. The molecule has 0 radical (unpaired) electrons. The van der Waals surface area contributed by atoms with E-state index in [2.05, 4.69) is 4.52 Å². The second-order valence-electron chi connectivity index (χ2n) is 1.66. The summed E-state index contributed by atoms with van der Waals surface area (Å²) in [5.74, 6) is 0. The summed E-state index contributed by atoms with van der Waals surface area (Å²) >= 11 is 0. The molecule has 0 aromatic rings. The largest absolute Gasteiger partial charge is 0.495 e. The highest BCUT2D eigenvalue weighted by Gasteiger charge is 1.99. The average molecular weight is 150 g/mol. The first-order valence-electron chi connectivity index (χ1n) is 3.06. The second-order valence-corrected chi connectivity index (χ2v) is 2.12. The van der Waals surface area contributed by atoms with Crippen LogP contribution in [0.4, 0.5) is 0 Å². The lowest BCUT2D eigenvalue weighted by atomic mass is 10.6. The van der Waals surface area contributed by atoms with Crippen LogP contribution in [0.25, 0.3) is 0 Å². The Bertz CT molecular complexity index is 75.4. The summed E-state index contributed by atoms with van der Waals surface area (Å²) in [7, 11) is -0.635. The van der Waals surface area contributed by atoms with E-state index in [0.29, 0.717) is 6.73 Å². The first kappa shape index (κ1) is 9.02. The van der Waals surface area contributed by atoms with Crippen molar-refractivity contribution in [1.29, 1.82) is 0 Å². The van der Waals surface area contributed by atoms with Gasteiger partial charge in [0.2, 0.25) is 0 Å². The molecule has 0 aromatic heterocycles. The third kappa shape index (κ3) is 4.52. The van der Waals surface area contributed by atoms with Crippen LogP contribution in [0.1, 0.15) is 13.8 Å². The van der Waals surface area contributed by atoms with Crippen molar-refractivity contribution >= 4 is 8.69 Å². The topological polar surface area (TPSA) is 29.5 Å². The molecule has 0 saturated heterocycles. The van der Waals surface area contributed by atoms with Crippen LogP contribution in [-0.2, 0) is 9.09 Å². The van der Waals surface area contributed by atoms with Gasteiger partial charge < -0.3 is 0 Å². The lowest BCUT2D eigenvalue weighted by molar-refractivity contribution is 0.150.